The molecule has 0 aliphatic heterocycles. The van der Waals surface area contributed by atoms with Crippen LogP contribution in [0, 0.1) is 5.92 Å². The summed E-state index contributed by atoms with van der Waals surface area (Å²) in [5.74, 6) is 1.33. The molecular formula is C9H18ClN5. The molecule has 5 nitrogen and oxygen atoms in total. The molecule has 1 heterocycles. The second-order valence-corrected chi connectivity index (χ2v) is 4.67. The van der Waals surface area contributed by atoms with Crippen LogP contribution in [0.25, 0.3) is 0 Å². The van der Waals surface area contributed by atoms with E-state index in [0.717, 1.165) is 13.0 Å². The highest BCUT2D eigenvalue weighted by atomic mass is 35.5. The largest absolute Gasteiger partial charge is 0.308 e. The summed E-state index contributed by atoms with van der Waals surface area (Å²) in [6, 6.07) is 0. The maximum absolute atomic E-state index is 6.12. The fourth-order valence-electron chi connectivity index (χ4n) is 1.33. The first-order valence-corrected chi connectivity index (χ1v) is 5.59. The standard InChI is InChI=1S/C9H18ClN5/c1-7(2)4-8(10)5-11-6-9-12-14-15(3)13-9/h7-8,11H,4-6H2,1-3H3. The number of aryl methyl sites for hydroxylation is 1. The van der Waals surface area contributed by atoms with E-state index in [1.807, 2.05) is 0 Å². The summed E-state index contributed by atoms with van der Waals surface area (Å²) >= 11 is 6.12. The first-order valence-electron chi connectivity index (χ1n) is 5.15. The average Bonchev–Trinajstić information content (AvgIpc) is 2.50. The van der Waals surface area contributed by atoms with E-state index >= 15 is 0 Å². The Hall–Kier alpha value is -0.680. The summed E-state index contributed by atoms with van der Waals surface area (Å²) in [6.45, 7) is 5.73. The van der Waals surface area contributed by atoms with Gasteiger partial charge in [-0.05, 0) is 17.6 Å². The van der Waals surface area contributed by atoms with Gasteiger partial charge in [-0.2, -0.15) is 4.80 Å². The number of nitrogens with zero attached hydrogens (tertiary/aromatic N) is 4. The molecule has 6 heteroatoms. The van der Waals surface area contributed by atoms with E-state index in [2.05, 4.69) is 34.6 Å². The van der Waals surface area contributed by atoms with Gasteiger partial charge in [-0.25, -0.2) is 0 Å². The van der Waals surface area contributed by atoms with Crippen molar-refractivity contribution in [2.24, 2.45) is 13.0 Å². The maximum atomic E-state index is 6.12. The lowest BCUT2D eigenvalue weighted by Gasteiger charge is -2.11. The molecule has 1 unspecified atom stereocenters. The van der Waals surface area contributed by atoms with E-state index in [0.29, 0.717) is 18.3 Å². The van der Waals surface area contributed by atoms with Gasteiger partial charge in [-0.3, -0.25) is 0 Å². The van der Waals surface area contributed by atoms with E-state index in [1.165, 1.54) is 4.80 Å². The minimum Gasteiger partial charge on any atom is -0.308 e. The van der Waals surface area contributed by atoms with Crippen molar-refractivity contribution in [3.8, 4) is 0 Å². The van der Waals surface area contributed by atoms with Crippen LogP contribution in [-0.2, 0) is 13.6 Å². The molecular weight excluding hydrogens is 214 g/mol. The van der Waals surface area contributed by atoms with Crippen molar-refractivity contribution in [1.29, 1.82) is 0 Å². The van der Waals surface area contributed by atoms with Crippen LogP contribution >= 0.6 is 11.6 Å². The van der Waals surface area contributed by atoms with Crippen molar-refractivity contribution in [1.82, 2.24) is 25.5 Å². The lowest BCUT2D eigenvalue weighted by atomic mass is 10.1. The minimum atomic E-state index is 0.168. The van der Waals surface area contributed by atoms with Gasteiger partial charge in [-0.1, -0.05) is 13.8 Å². The molecule has 0 spiro atoms. The van der Waals surface area contributed by atoms with Crippen LogP contribution in [0.3, 0.4) is 0 Å². The molecule has 1 aromatic heterocycles. The van der Waals surface area contributed by atoms with Crippen LogP contribution in [0.4, 0.5) is 0 Å². The number of hydrogen-bond acceptors (Lipinski definition) is 4. The number of aromatic nitrogens is 4. The minimum absolute atomic E-state index is 0.168. The zero-order chi connectivity index (χ0) is 11.3. The summed E-state index contributed by atoms with van der Waals surface area (Å²) in [6.07, 6.45) is 1.02. The van der Waals surface area contributed by atoms with Crippen molar-refractivity contribution in [2.45, 2.75) is 32.2 Å². The lowest BCUT2D eigenvalue weighted by molar-refractivity contribution is 0.529. The van der Waals surface area contributed by atoms with Gasteiger partial charge >= 0.3 is 0 Å². The van der Waals surface area contributed by atoms with Crippen LogP contribution in [0.5, 0.6) is 0 Å². The van der Waals surface area contributed by atoms with E-state index < -0.39 is 0 Å². The average molecular weight is 232 g/mol. The molecule has 1 aromatic rings. The van der Waals surface area contributed by atoms with E-state index in [-0.39, 0.29) is 5.38 Å². The van der Waals surface area contributed by atoms with E-state index in [9.17, 15) is 0 Å². The highest BCUT2D eigenvalue weighted by Crippen LogP contribution is 2.09. The number of halogens is 1. The third-order valence-electron chi connectivity index (χ3n) is 1.93. The molecule has 0 saturated carbocycles. The monoisotopic (exact) mass is 231 g/mol. The fourth-order valence-corrected chi connectivity index (χ4v) is 1.79. The Bertz CT molecular complexity index is 286. The number of hydrogen-bond donors (Lipinski definition) is 1. The van der Waals surface area contributed by atoms with E-state index in [4.69, 9.17) is 11.6 Å². The molecule has 0 radical (unpaired) electrons. The molecule has 15 heavy (non-hydrogen) atoms. The van der Waals surface area contributed by atoms with Gasteiger partial charge in [0.15, 0.2) is 5.82 Å². The van der Waals surface area contributed by atoms with Crippen molar-refractivity contribution >= 4 is 11.6 Å². The number of alkyl halides is 1. The smallest absolute Gasteiger partial charge is 0.188 e. The summed E-state index contributed by atoms with van der Waals surface area (Å²) in [4.78, 5) is 1.45. The molecule has 86 valence electrons. The second-order valence-electron chi connectivity index (χ2n) is 4.05. The van der Waals surface area contributed by atoms with Gasteiger partial charge in [0, 0.05) is 11.9 Å². The number of nitrogens with one attached hydrogen (secondary N) is 1. The summed E-state index contributed by atoms with van der Waals surface area (Å²) < 4.78 is 0. The first-order chi connectivity index (χ1) is 7.08. The third kappa shape index (κ3) is 5.09. The van der Waals surface area contributed by atoms with Crippen LogP contribution < -0.4 is 5.32 Å². The molecule has 0 amide bonds. The van der Waals surface area contributed by atoms with Gasteiger partial charge in [-0.15, -0.1) is 21.8 Å². The zero-order valence-corrected chi connectivity index (χ0v) is 10.2. The Morgan fingerprint density at radius 3 is 2.73 bits per heavy atom. The van der Waals surface area contributed by atoms with Gasteiger partial charge in [0.1, 0.15) is 0 Å². The maximum Gasteiger partial charge on any atom is 0.188 e. The second kappa shape index (κ2) is 6.02. The third-order valence-corrected chi connectivity index (χ3v) is 2.26. The molecule has 0 aliphatic rings. The lowest BCUT2D eigenvalue weighted by Crippen LogP contribution is -2.24. The quantitative estimate of drug-likeness (QED) is 0.741. The molecule has 0 aromatic carbocycles. The van der Waals surface area contributed by atoms with Gasteiger partial charge in [0.2, 0.25) is 0 Å². The van der Waals surface area contributed by atoms with E-state index in [1.54, 1.807) is 7.05 Å². The summed E-state index contributed by atoms with van der Waals surface area (Å²) in [7, 11) is 1.75. The highest BCUT2D eigenvalue weighted by Gasteiger charge is 2.07. The molecule has 1 N–H and O–H groups in total. The van der Waals surface area contributed by atoms with Gasteiger partial charge in [0.25, 0.3) is 0 Å². The van der Waals surface area contributed by atoms with Crippen LogP contribution in [-0.4, -0.2) is 32.1 Å². The van der Waals surface area contributed by atoms with Crippen molar-refractivity contribution in [2.75, 3.05) is 6.54 Å². The molecule has 1 atom stereocenters. The summed E-state index contributed by atoms with van der Waals surface area (Å²) in [5.41, 5.74) is 0. The van der Waals surface area contributed by atoms with Gasteiger partial charge in [0.05, 0.1) is 13.6 Å². The number of rotatable bonds is 6. The molecule has 0 bridgehead atoms. The normalized spacial score (nSPS) is 13.4. The Morgan fingerprint density at radius 1 is 1.47 bits per heavy atom. The topological polar surface area (TPSA) is 55.6 Å². The first kappa shape index (κ1) is 12.4. The summed E-state index contributed by atoms with van der Waals surface area (Å²) in [5, 5.41) is 15.1. The molecule has 0 fully saturated rings. The highest BCUT2D eigenvalue weighted by molar-refractivity contribution is 6.20. The predicted octanol–water partition coefficient (Wildman–Crippen LogP) is 0.953. The molecule has 0 aliphatic carbocycles. The Morgan fingerprint density at radius 2 is 2.20 bits per heavy atom. The van der Waals surface area contributed by atoms with Gasteiger partial charge < -0.3 is 5.32 Å². The van der Waals surface area contributed by atoms with Crippen molar-refractivity contribution < 1.29 is 0 Å². The Kier molecular flexibility index (Phi) is 4.98. The predicted molar refractivity (Wildman–Crippen MR) is 59.6 cm³/mol. The van der Waals surface area contributed by atoms with Crippen LogP contribution in [0.1, 0.15) is 26.1 Å². The fraction of sp³-hybridized carbons (Fsp3) is 0.889. The van der Waals surface area contributed by atoms with Crippen LogP contribution in [0.15, 0.2) is 0 Å². The van der Waals surface area contributed by atoms with Crippen LogP contribution in [0.2, 0.25) is 0 Å². The van der Waals surface area contributed by atoms with Crippen molar-refractivity contribution in [3.05, 3.63) is 5.82 Å². The Balaban J connectivity index is 2.16. The molecule has 1 rings (SSSR count). The molecule has 0 saturated heterocycles. The van der Waals surface area contributed by atoms with Crippen molar-refractivity contribution in [3.63, 3.8) is 0 Å². The number of tetrazole rings is 1. The Labute approximate surface area is 95.2 Å². The SMILES string of the molecule is CC(C)CC(Cl)CNCc1nnn(C)n1. The zero-order valence-electron chi connectivity index (χ0n) is 9.44.